The quantitative estimate of drug-likeness (QED) is 0.610. The highest BCUT2D eigenvalue weighted by molar-refractivity contribution is 4.64. The van der Waals surface area contributed by atoms with Crippen molar-refractivity contribution in [3.05, 3.63) is 0 Å². The van der Waals surface area contributed by atoms with Crippen molar-refractivity contribution < 1.29 is 0 Å². The summed E-state index contributed by atoms with van der Waals surface area (Å²) in [5.41, 5.74) is 0. The molecule has 0 saturated heterocycles. The van der Waals surface area contributed by atoms with E-state index in [-0.39, 0.29) is 0 Å². The topological polar surface area (TPSA) is 24.1 Å². The van der Waals surface area contributed by atoms with E-state index in [0.717, 1.165) is 6.54 Å². The summed E-state index contributed by atoms with van der Waals surface area (Å²) in [5, 5.41) is 6.69. The average molecular weight is 158 g/mol. The van der Waals surface area contributed by atoms with E-state index >= 15 is 0 Å². The normalized spacial score (nSPS) is 13.9. The summed E-state index contributed by atoms with van der Waals surface area (Å²) in [6.07, 6.45) is 2.45. The molecule has 0 rings (SSSR count). The van der Waals surface area contributed by atoms with E-state index in [0.29, 0.717) is 12.1 Å². The number of hydrogen-bond acceptors (Lipinski definition) is 2. The van der Waals surface area contributed by atoms with Crippen LogP contribution >= 0.6 is 0 Å². The molecule has 68 valence electrons. The van der Waals surface area contributed by atoms with Crippen molar-refractivity contribution >= 4 is 0 Å². The number of nitrogens with one attached hydrogen (secondary N) is 2. The molecular weight excluding hydrogens is 136 g/mol. The lowest BCUT2D eigenvalue weighted by molar-refractivity contribution is 0.468. The fourth-order valence-electron chi connectivity index (χ4n) is 1.10. The number of rotatable bonds is 6. The molecule has 0 spiro atoms. The second-order valence-electron chi connectivity index (χ2n) is 3.29. The third-order valence-corrected chi connectivity index (χ3v) is 1.95. The summed E-state index contributed by atoms with van der Waals surface area (Å²) in [4.78, 5) is 0. The third-order valence-electron chi connectivity index (χ3n) is 1.95. The zero-order valence-electron chi connectivity index (χ0n) is 8.28. The Balaban J connectivity index is 3.21. The van der Waals surface area contributed by atoms with Crippen LogP contribution in [0.1, 0.15) is 33.6 Å². The average Bonchev–Trinajstić information content (AvgIpc) is 1.98. The summed E-state index contributed by atoms with van der Waals surface area (Å²) in [5.74, 6) is 0. The van der Waals surface area contributed by atoms with Crippen LogP contribution < -0.4 is 10.6 Å². The van der Waals surface area contributed by atoms with Crippen LogP contribution in [0.4, 0.5) is 0 Å². The summed E-state index contributed by atoms with van der Waals surface area (Å²) in [6.45, 7) is 7.70. The lowest BCUT2D eigenvalue weighted by atomic mass is 10.1. The molecule has 2 heteroatoms. The third kappa shape index (κ3) is 6.32. The summed E-state index contributed by atoms with van der Waals surface area (Å²) >= 11 is 0. The lowest BCUT2D eigenvalue weighted by Crippen LogP contribution is -2.31. The Kier molecular flexibility index (Phi) is 6.57. The molecule has 0 bridgehead atoms. The van der Waals surface area contributed by atoms with Crippen molar-refractivity contribution in [2.45, 2.75) is 45.7 Å². The van der Waals surface area contributed by atoms with Crippen LogP contribution in [0.15, 0.2) is 0 Å². The van der Waals surface area contributed by atoms with Crippen LogP contribution in [0, 0.1) is 0 Å². The van der Waals surface area contributed by atoms with Crippen LogP contribution in [-0.2, 0) is 0 Å². The van der Waals surface area contributed by atoms with Gasteiger partial charge in [-0.2, -0.15) is 0 Å². The lowest BCUT2D eigenvalue weighted by Gasteiger charge is -2.15. The Morgan fingerprint density at radius 3 is 2.27 bits per heavy atom. The standard InChI is InChI=1S/C9H22N2/c1-5-9(10-4)6-7-11-8(2)3/h8-11H,5-7H2,1-4H3. The summed E-state index contributed by atoms with van der Waals surface area (Å²) < 4.78 is 0. The molecule has 0 amide bonds. The highest BCUT2D eigenvalue weighted by atomic mass is 14.9. The van der Waals surface area contributed by atoms with Gasteiger partial charge in [0.15, 0.2) is 0 Å². The smallest absolute Gasteiger partial charge is 0.00735 e. The van der Waals surface area contributed by atoms with E-state index in [4.69, 9.17) is 0 Å². The molecule has 1 atom stereocenters. The Labute approximate surface area is 70.8 Å². The summed E-state index contributed by atoms with van der Waals surface area (Å²) in [6, 6.07) is 1.30. The first-order chi connectivity index (χ1) is 5.20. The zero-order valence-corrected chi connectivity index (χ0v) is 8.28. The van der Waals surface area contributed by atoms with Crippen molar-refractivity contribution in [3.8, 4) is 0 Å². The molecule has 0 saturated carbocycles. The maximum Gasteiger partial charge on any atom is 0.00735 e. The van der Waals surface area contributed by atoms with E-state index in [1.807, 2.05) is 7.05 Å². The van der Waals surface area contributed by atoms with Crippen molar-refractivity contribution in [1.29, 1.82) is 0 Å². The van der Waals surface area contributed by atoms with Gasteiger partial charge < -0.3 is 10.6 Å². The van der Waals surface area contributed by atoms with Gasteiger partial charge in [-0.05, 0) is 26.4 Å². The van der Waals surface area contributed by atoms with Crippen LogP contribution in [0.5, 0.6) is 0 Å². The molecular formula is C9H22N2. The molecule has 0 radical (unpaired) electrons. The molecule has 0 heterocycles. The minimum atomic E-state index is 0.615. The van der Waals surface area contributed by atoms with Gasteiger partial charge in [0.2, 0.25) is 0 Å². The van der Waals surface area contributed by atoms with Crippen LogP contribution in [0.3, 0.4) is 0 Å². The zero-order chi connectivity index (χ0) is 8.69. The van der Waals surface area contributed by atoms with E-state index in [1.165, 1.54) is 12.8 Å². The van der Waals surface area contributed by atoms with Gasteiger partial charge in [0.1, 0.15) is 0 Å². The van der Waals surface area contributed by atoms with Crippen molar-refractivity contribution in [3.63, 3.8) is 0 Å². The minimum Gasteiger partial charge on any atom is -0.317 e. The fourth-order valence-corrected chi connectivity index (χ4v) is 1.10. The second-order valence-corrected chi connectivity index (χ2v) is 3.29. The predicted molar refractivity (Wildman–Crippen MR) is 50.9 cm³/mol. The van der Waals surface area contributed by atoms with Gasteiger partial charge in [-0.3, -0.25) is 0 Å². The molecule has 2 N–H and O–H groups in total. The van der Waals surface area contributed by atoms with Crippen molar-refractivity contribution in [2.75, 3.05) is 13.6 Å². The summed E-state index contributed by atoms with van der Waals surface area (Å²) in [7, 11) is 2.03. The van der Waals surface area contributed by atoms with Gasteiger partial charge in [-0.1, -0.05) is 20.8 Å². The molecule has 0 aliphatic heterocycles. The molecule has 0 aromatic carbocycles. The van der Waals surface area contributed by atoms with E-state index in [2.05, 4.69) is 31.4 Å². The van der Waals surface area contributed by atoms with Gasteiger partial charge in [0, 0.05) is 12.1 Å². The molecule has 0 fully saturated rings. The van der Waals surface area contributed by atoms with Crippen LogP contribution in [-0.4, -0.2) is 25.7 Å². The van der Waals surface area contributed by atoms with Gasteiger partial charge >= 0.3 is 0 Å². The first-order valence-corrected chi connectivity index (χ1v) is 4.61. The Bertz CT molecular complexity index is 77.6. The Morgan fingerprint density at radius 2 is 1.91 bits per heavy atom. The molecule has 0 aliphatic rings. The molecule has 11 heavy (non-hydrogen) atoms. The molecule has 0 aromatic heterocycles. The fraction of sp³-hybridized carbons (Fsp3) is 1.00. The predicted octanol–water partition coefficient (Wildman–Crippen LogP) is 1.37. The maximum absolute atomic E-state index is 3.40. The monoisotopic (exact) mass is 158 g/mol. The number of hydrogen-bond donors (Lipinski definition) is 2. The Morgan fingerprint density at radius 1 is 1.27 bits per heavy atom. The van der Waals surface area contributed by atoms with E-state index in [9.17, 15) is 0 Å². The second kappa shape index (κ2) is 6.62. The van der Waals surface area contributed by atoms with Crippen molar-refractivity contribution in [2.24, 2.45) is 0 Å². The molecule has 1 unspecified atom stereocenters. The van der Waals surface area contributed by atoms with Gasteiger partial charge in [-0.25, -0.2) is 0 Å². The highest BCUT2D eigenvalue weighted by Gasteiger charge is 2.01. The van der Waals surface area contributed by atoms with Gasteiger partial charge in [0.25, 0.3) is 0 Å². The minimum absolute atomic E-state index is 0.615. The Hall–Kier alpha value is -0.0800. The van der Waals surface area contributed by atoms with E-state index in [1.54, 1.807) is 0 Å². The van der Waals surface area contributed by atoms with Crippen LogP contribution in [0.25, 0.3) is 0 Å². The maximum atomic E-state index is 3.40. The molecule has 0 aliphatic carbocycles. The van der Waals surface area contributed by atoms with Gasteiger partial charge in [0.05, 0.1) is 0 Å². The molecule has 0 aromatic rings. The van der Waals surface area contributed by atoms with Crippen LogP contribution in [0.2, 0.25) is 0 Å². The van der Waals surface area contributed by atoms with E-state index < -0.39 is 0 Å². The molecule has 2 nitrogen and oxygen atoms in total. The highest BCUT2D eigenvalue weighted by Crippen LogP contribution is 1.94. The van der Waals surface area contributed by atoms with Gasteiger partial charge in [-0.15, -0.1) is 0 Å². The largest absolute Gasteiger partial charge is 0.317 e. The first-order valence-electron chi connectivity index (χ1n) is 4.61. The SMILES string of the molecule is CCC(CCNC(C)C)NC. The van der Waals surface area contributed by atoms with Crippen molar-refractivity contribution in [1.82, 2.24) is 10.6 Å². The first kappa shape index (κ1) is 10.9.